The van der Waals surface area contributed by atoms with Crippen LogP contribution < -0.4 is 0 Å². The van der Waals surface area contributed by atoms with Crippen LogP contribution in [0.3, 0.4) is 0 Å². The van der Waals surface area contributed by atoms with E-state index in [2.05, 4.69) is 54.3 Å². The van der Waals surface area contributed by atoms with Crippen LogP contribution in [0.2, 0.25) is 13.1 Å². The molecule has 0 amide bonds. The molecule has 3 nitrogen and oxygen atoms in total. The zero-order chi connectivity index (χ0) is 9.72. The Kier molecular flexibility index (Phi) is 6.32. The average molecular weight is 222 g/mol. The molecule has 0 radical (unpaired) electrons. The number of hydrogen-bond acceptors (Lipinski definition) is 3. The van der Waals surface area contributed by atoms with E-state index in [1.165, 1.54) is 0 Å². The highest BCUT2D eigenvalue weighted by Gasteiger charge is 2.12. The maximum absolute atomic E-state index is 2.83. The molecule has 0 aliphatic carbocycles. The van der Waals surface area contributed by atoms with Gasteiger partial charge in [-0.15, -0.1) is 0 Å². The van der Waals surface area contributed by atoms with Crippen molar-refractivity contribution in [2.75, 3.05) is 28.2 Å². The molecule has 0 atom stereocenters. The van der Waals surface area contributed by atoms with Crippen LogP contribution in [-0.4, -0.2) is 69.9 Å². The molecule has 74 valence electrons. The molecule has 0 saturated carbocycles. The quantitative estimate of drug-likeness (QED) is 0.518. The van der Waals surface area contributed by atoms with Crippen molar-refractivity contribution in [2.45, 2.75) is 13.1 Å². The van der Waals surface area contributed by atoms with Crippen LogP contribution in [-0.2, 0) is 0 Å². The maximum atomic E-state index is 2.83. The molecular formula is C6H23N3Si3. The molecule has 0 rings (SSSR count). The second kappa shape index (κ2) is 6.06. The first kappa shape index (κ1) is 12.5. The smallest absolute Gasteiger partial charge is 0.159 e. The van der Waals surface area contributed by atoms with E-state index >= 15 is 0 Å². The van der Waals surface area contributed by atoms with Crippen LogP contribution in [0.4, 0.5) is 0 Å². The van der Waals surface area contributed by atoms with E-state index in [-0.39, 0.29) is 19.7 Å². The summed E-state index contributed by atoms with van der Waals surface area (Å²) in [5, 5.41) is 0. The molecule has 12 heavy (non-hydrogen) atoms. The zero-order valence-electron chi connectivity index (χ0n) is 9.33. The predicted octanol–water partition coefficient (Wildman–Crippen LogP) is -1.61. The molecule has 0 heterocycles. The van der Waals surface area contributed by atoms with Gasteiger partial charge in [-0.1, -0.05) is 13.1 Å². The van der Waals surface area contributed by atoms with Crippen LogP contribution >= 0.6 is 0 Å². The van der Waals surface area contributed by atoms with Crippen molar-refractivity contribution < 1.29 is 0 Å². The lowest BCUT2D eigenvalue weighted by molar-refractivity contribution is 0.597. The summed E-state index contributed by atoms with van der Waals surface area (Å²) in [4.78, 5) is 0. The Morgan fingerprint density at radius 3 is 1.33 bits per heavy atom. The fourth-order valence-corrected chi connectivity index (χ4v) is 9.88. The van der Waals surface area contributed by atoms with Gasteiger partial charge in [0, 0.05) is 0 Å². The minimum Gasteiger partial charge on any atom is -0.356 e. The Bertz CT molecular complexity index is 109. The maximum Gasteiger partial charge on any atom is 0.159 e. The highest BCUT2D eigenvalue weighted by molar-refractivity contribution is 6.72. The van der Waals surface area contributed by atoms with Crippen molar-refractivity contribution in [3.63, 3.8) is 0 Å². The van der Waals surface area contributed by atoms with E-state index in [0.717, 1.165) is 0 Å². The number of hydrogen-bond donors (Lipinski definition) is 0. The molecule has 0 N–H and O–H groups in total. The summed E-state index contributed by atoms with van der Waals surface area (Å²) in [6.07, 6.45) is 0. The predicted molar refractivity (Wildman–Crippen MR) is 65.2 cm³/mol. The molecular weight excluding hydrogens is 198 g/mol. The zero-order valence-corrected chi connectivity index (χ0v) is 13.3. The second-order valence-corrected chi connectivity index (χ2v) is 14.1. The summed E-state index contributed by atoms with van der Waals surface area (Å²) < 4.78 is 7.65. The fraction of sp³-hybridized carbons (Fsp3) is 1.00. The standard InChI is InChI=1S/C6H23N3Si3/c1-7(2)10-9(12(5)6)11-8(3)4/h12H,10-11H2,1-6H3. The first-order valence-electron chi connectivity index (χ1n) is 4.47. The van der Waals surface area contributed by atoms with E-state index in [1.54, 1.807) is 0 Å². The van der Waals surface area contributed by atoms with Gasteiger partial charge < -0.3 is 13.0 Å². The van der Waals surface area contributed by atoms with Gasteiger partial charge in [0.2, 0.25) is 0 Å². The normalized spacial score (nSPS) is 14.5. The Hall–Kier alpha value is 0.531. The lowest BCUT2D eigenvalue weighted by Gasteiger charge is -2.30. The van der Waals surface area contributed by atoms with Gasteiger partial charge in [-0.25, -0.2) is 0 Å². The Morgan fingerprint density at radius 2 is 1.17 bits per heavy atom. The van der Waals surface area contributed by atoms with Gasteiger partial charge in [-0.3, -0.25) is 0 Å². The molecule has 0 fully saturated rings. The lowest BCUT2D eigenvalue weighted by Crippen LogP contribution is -2.50. The molecule has 0 aliphatic rings. The molecule has 0 aromatic heterocycles. The molecule has 6 heteroatoms. The SMILES string of the molecule is CN(C)[SiH2]N([SiH2]N(C)C)[SiH](C)C. The van der Waals surface area contributed by atoms with Crippen LogP contribution in [0.15, 0.2) is 0 Å². The fourth-order valence-electron chi connectivity index (χ4n) is 1.10. The van der Waals surface area contributed by atoms with Gasteiger partial charge in [0.25, 0.3) is 0 Å². The van der Waals surface area contributed by atoms with Crippen LogP contribution in [0.1, 0.15) is 0 Å². The van der Waals surface area contributed by atoms with E-state index in [4.69, 9.17) is 0 Å². The number of nitrogens with zero attached hydrogens (tertiary/aromatic N) is 3. The third-order valence-electron chi connectivity index (χ3n) is 1.66. The Labute approximate surface area is 83.4 Å². The molecule has 0 unspecified atom stereocenters. The highest BCUT2D eigenvalue weighted by atomic mass is 28.4. The monoisotopic (exact) mass is 221 g/mol. The minimum absolute atomic E-state index is 0.0817. The van der Waals surface area contributed by atoms with Crippen LogP contribution in [0.5, 0.6) is 0 Å². The summed E-state index contributed by atoms with van der Waals surface area (Å²) in [7, 11) is 8.15. The van der Waals surface area contributed by atoms with Gasteiger partial charge in [-0.05, 0) is 28.2 Å². The summed E-state index contributed by atoms with van der Waals surface area (Å²) in [5.74, 6) is 0. The van der Waals surface area contributed by atoms with Gasteiger partial charge in [0.15, 0.2) is 19.7 Å². The average Bonchev–Trinajstić information content (AvgIpc) is 1.83. The van der Waals surface area contributed by atoms with Crippen molar-refractivity contribution in [3.8, 4) is 0 Å². The Balaban J connectivity index is 3.87. The van der Waals surface area contributed by atoms with Crippen LogP contribution in [0, 0.1) is 0 Å². The molecule has 0 aromatic carbocycles. The van der Waals surface area contributed by atoms with Gasteiger partial charge >= 0.3 is 0 Å². The van der Waals surface area contributed by atoms with Gasteiger partial charge in [0.05, 0.1) is 8.96 Å². The van der Waals surface area contributed by atoms with Crippen molar-refractivity contribution in [2.24, 2.45) is 0 Å². The second-order valence-electron chi connectivity index (χ2n) is 4.12. The van der Waals surface area contributed by atoms with Gasteiger partial charge in [0.1, 0.15) is 0 Å². The summed E-state index contributed by atoms with van der Waals surface area (Å²) in [5.41, 5.74) is 0. The minimum atomic E-state index is -0.524. The van der Waals surface area contributed by atoms with Crippen molar-refractivity contribution in [3.05, 3.63) is 0 Å². The topological polar surface area (TPSA) is 9.72 Å². The van der Waals surface area contributed by atoms with E-state index in [1.807, 2.05) is 0 Å². The Morgan fingerprint density at radius 1 is 0.833 bits per heavy atom. The molecule has 0 bridgehead atoms. The summed E-state index contributed by atoms with van der Waals surface area (Å²) in [6, 6.07) is 0. The largest absolute Gasteiger partial charge is 0.356 e. The van der Waals surface area contributed by atoms with Crippen molar-refractivity contribution in [1.82, 2.24) is 13.0 Å². The van der Waals surface area contributed by atoms with Crippen molar-refractivity contribution >= 4 is 28.6 Å². The first-order valence-corrected chi connectivity index (χ1v) is 9.82. The lowest BCUT2D eigenvalue weighted by atomic mass is 11.3. The third kappa shape index (κ3) is 6.09. The van der Waals surface area contributed by atoms with Gasteiger partial charge in [-0.2, -0.15) is 0 Å². The summed E-state index contributed by atoms with van der Waals surface area (Å²) >= 11 is 0. The molecule has 0 saturated heterocycles. The van der Waals surface area contributed by atoms with E-state index in [0.29, 0.717) is 0 Å². The molecule has 0 aliphatic heterocycles. The first-order chi connectivity index (χ1) is 5.43. The highest BCUT2D eigenvalue weighted by Crippen LogP contribution is 1.92. The number of rotatable bonds is 5. The molecule has 0 aromatic rings. The summed E-state index contributed by atoms with van der Waals surface area (Å²) in [6.45, 7) is 4.88. The van der Waals surface area contributed by atoms with E-state index in [9.17, 15) is 0 Å². The van der Waals surface area contributed by atoms with E-state index < -0.39 is 8.96 Å². The van der Waals surface area contributed by atoms with Crippen molar-refractivity contribution in [1.29, 1.82) is 0 Å². The van der Waals surface area contributed by atoms with Crippen LogP contribution in [0.25, 0.3) is 0 Å². The third-order valence-corrected chi connectivity index (χ3v) is 11.5. The molecule has 0 spiro atoms.